The molecule has 1 heterocycles. The summed E-state index contributed by atoms with van der Waals surface area (Å²) in [4.78, 5) is 6.27. The molecule has 0 saturated heterocycles. The summed E-state index contributed by atoms with van der Waals surface area (Å²) in [5, 5.41) is 9.33. The molecule has 0 aliphatic rings. The van der Waals surface area contributed by atoms with E-state index in [2.05, 4.69) is 9.88 Å². The number of likely N-dealkylation sites (N-methyl/N-ethyl adjacent to an activating group) is 1. The fraction of sp³-hybridized carbons (Fsp3) is 0.583. The van der Waals surface area contributed by atoms with E-state index in [4.69, 9.17) is 4.74 Å². The van der Waals surface area contributed by atoms with Gasteiger partial charge < -0.3 is 14.7 Å². The molecule has 4 heteroatoms. The number of aliphatic hydroxyl groups is 1. The van der Waals surface area contributed by atoms with Crippen LogP contribution in [0.5, 0.6) is 0 Å². The summed E-state index contributed by atoms with van der Waals surface area (Å²) in [6, 6.07) is 3.80. The van der Waals surface area contributed by atoms with Gasteiger partial charge in [-0.15, -0.1) is 0 Å². The SMILES string of the molecule is CCOCCN(C)c1ccc([C@H](C)O)nc1. The quantitative estimate of drug-likeness (QED) is 0.746. The summed E-state index contributed by atoms with van der Waals surface area (Å²) in [5.41, 5.74) is 1.73. The molecule has 16 heavy (non-hydrogen) atoms. The van der Waals surface area contributed by atoms with Crippen LogP contribution in [0.15, 0.2) is 18.3 Å². The Kier molecular flexibility index (Phi) is 5.22. The number of aromatic nitrogens is 1. The van der Waals surface area contributed by atoms with E-state index < -0.39 is 6.10 Å². The van der Waals surface area contributed by atoms with Crippen LogP contribution in [-0.2, 0) is 4.74 Å². The second-order valence-electron chi connectivity index (χ2n) is 3.74. The molecule has 1 aromatic rings. The Hall–Kier alpha value is -1.13. The lowest BCUT2D eigenvalue weighted by Crippen LogP contribution is -2.22. The minimum absolute atomic E-state index is 0.511. The molecule has 0 bridgehead atoms. The molecule has 1 rings (SSSR count). The van der Waals surface area contributed by atoms with Crippen molar-refractivity contribution in [1.82, 2.24) is 4.98 Å². The molecule has 0 spiro atoms. The van der Waals surface area contributed by atoms with Gasteiger partial charge in [-0.3, -0.25) is 4.98 Å². The van der Waals surface area contributed by atoms with Gasteiger partial charge in [0.25, 0.3) is 0 Å². The van der Waals surface area contributed by atoms with Crippen molar-refractivity contribution < 1.29 is 9.84 Å². The number of ether oxygens (including phenoxy) is 1. The Morgan fingerprint density at radius 3 is 2.75 bits per heavy atom. The number of nitrogens with zero attached hydrogens (tertiary/aromatic N) is 2. The Labute approximate surface area is 96.9 Å². The molecular formula is C12H20N2O2. The largest absolute Gasteiger partial charge is 0.387 e. The van der Waals surface area contributed by atoms with Gasteiger partial charge in [-0.25, -0.2) is 0 Å². The first-order chi connectivity index (χ1) is 7.65. The standard InChI is InChI=1S/C12H20N2O2/c1-4-16-8-7-14(3)11-5-6-12(10(2)15)13-9-11/h5-6,9-10,15H,4,7-8H2,1-3H3/t10-/m0/s1. The predicted molar refractivity (Wildman–Crippen MR) is 64.6 cm³/mol. The van der Waals surface area contributed by atoms with E-state index in [1.165, 1.54) is 0 Å². The fourth-order valence-corrected chi connectivity index (χ4v) is 1.35. The zero-order valence-corrected chi connectivity index (χ0v) is 10.2. The molecule has 0 amide bonds. The number of hydrogen-bond donors (Lipinski definition) is 1. The van der Waals surface area contributed by atoms with Gasteiger partial charge in [-0.05, 0) is 26.0 Å². The maximum Gasteiger partial charge on any atom is 0.0931 e. The molecule has 90 valence electrons. The van der Waals surface area contributed by atoms with Crippen LogP contribution in [0.25, 0.3) is 0 Å². The summed E-state index contributed by atoms with van der Waals surface area (Å²) < 4.78 is 5.29. The number of aliphatic hydroxyl groups excluding tert-OH is 1. The van der Waals surface area contributed by atoms with Crippen LogP contribution in [0.1, 0.15) is 25.6 Å². The molecule has 0 radical (unpaired) electrons. The van der Waals surface area contributed by atoms with E-state index in [9.17, 15) is 5.11 Å². The lowest BCUT2D eigenvalue weighted by Gasteiger charge is -2.19. The Bertz CT molecular complexity index is 298. The van der Waals surface area contributed by atoms with Crippen LogP contribution < -0.4 is 4.90 Å². The second-order valence-corrected chi connectivity index (χ2v) is 3.74. The van der Waals surface area contributed by atoms with Gasteiger partial charge in [-0.1, -0.05) is 0 Å². The van der Waals surface area contributed by atoms with Crippen molar-refractivity contribution in [3.05, 3.63) is 24.0 Å². The molecule has 0 saturated carbocycles. The summed E-state index contributed by atoms with van der Waals surface area (Å²) in [7, 11) is 2.00. The van der Waals surface area contributed by atoms with Crippen LogP contribution in [0.3, 0.4) is 0 Å². The normalized spacial score (nSPS) is 12.5. The van der Waals surface area contributed by atoms with E-state index in [0.717, 1.165) is 18.8 Å². The zero-order chi connectivity index (χ0) is 12.0. The Morgan fingerprint density at radius 2 is 2.25 bits per heavy atom. The number of hydrogen-bond acceptors (Lipinski definition) is 4. The molecule has 1 aromatic heterocycles. The molecule has 1 atom stereocenters. The summed E-state index contributed by atoms with van der Waals surface area (Å²) >= 11 is 0. The third-order valence-electron chi connectivity index (χ3n) is 2.41. The second kappa shape index (κ2) is 6.45. The topological polar surface area (TPSA) is 45.6 Å². The van der Waals surface area contributed by atoms with E-state index >= 15 is 0 Å². The first-order valence-corrected chi connectivity index (χ1v) is 5.58. The zero-order valence-electron chi connectivity index (χ0n) is 10.2. The van der Waals surface area contributed by atoms with Gasteiger partial charge in [0.2, 0.25) is 0 Å². The average molecular weight is 224 g/mol. The third kappa shape index (κ3) is 3.79. The maximum atomic E-state index is 9.33. The van der Waals surface area contributed by atoms with Gasteiger partial charge in [0, 0.05) is 20.2 Å². The van der Waals surface area contributed by atoms with E-state index in [-0.39, 0.29) is 0 Å². The highest BCUT2D eigenvalue weighted by atomic mass is 16.5. The van der Waals surface area contributed by atoms with E-state index in [0.29, 0.717) is 12.3 Å². The highest BCUT2D eigenvalue weighted by Crippen LogP contribution is 2.14. The molecule has 4 nitrogen and oxygen atoms in total. The van der Waals surface area contributed by atoms with Crippen LogP contribution in [0, 0.1) is 0 Å². The molecule has 0 aliphatic heterocycles. The van der Waals surface area contributed by atoms with Crippen molar-refractivity contribution in [2.75, 3.05) is 31.7 Å². The van der Waals surface area contributed by atoms with Crippen molar-refractivity contribution in [1.29, 1.82) is 0 Å². The van der Waals surface area contributed by atoms with Crippen molar-refractivity contribution in [2.45, 2.75) is 20.0 Å². The van der Waals surface area contributed by atoms with Crippen LogP contribution in [0.4, 0.5) is 5.69 Å². The minimum atomic E-state index is -0.511. The van der Waals surface area contributed by atoms with Gasteiger partial charge >= 0.3 is 0 Å². The van der Waals surface area contributed by atoms with Crippen LogP contribution in [-0.4, -0.2) is 36.9 Å². The lowest BCUT2D eigenvalue weighted by atomic mass is 10.2. The molecule has 0 aromatic carbocycles. The fourth-order valence-electron chi connectivity index (χ4n) is 1.35. The highest BCUT2D eigenvalue weighted by molar-refractivity contribution is 5.43. The molecular weight excluding hydrogens is 204 g/mol. The maximum absolute atomic E-state index is 9.33. The van der Waals surface area contributed by atoms with Crippen LogP contribution >= 0.6 is 0 Å². The minimum Gasteiger partial charge on any atom is -0.387 e. The molecule has 0 unspecified atom stereocenters. The molecule has 0 fully saturated rings. The number of anilines is 1. The summed E-state index contributed by atoms with van der Waals surface area (Å²) in [6.07, 6.45) is 1.26. The lowest BCUT2D eigenvalue weighted by molar-refractivity contribution is 0.154. The van der Waals surface area contributed by atoms with E-state index in [1.54, 1.807) is 13.1 Å². The van der Waals surface area contributed by atoms with Gasteiger partial charge in [0.05, 0.1) is 30.3 Å². The van der Waals surface area contributed by atoms with Gasteiger partial charge in [0.1, 0.15) is 0 Å². The van der Waals surface area contributed by atoms with Crippen LogP contribution in [0.2, 0.25) is 0 Å². The number of rotatable bonds is 6. The Morgan fingerprint density at radius 1 is 1.50 bits per heavy atom. The summed E-state index contributed by atoms with van der Waals surface area (Å²) in [5.74, 6) is 0. The first-order valence-electron chi connectivity index (χ1n) is 5.58. The molecule has 0 aliphatic carbocycles. The summed E-state index contributed by atoms with van der Waals surface area (Å²) in [6.45, 7) is 5.99. The highest BCUT2D eigenvalue weighted by Gasteiger charge is 2.04. The van der Waals surface area contributed by atoms with Crippen molar-refractivity contribution in [2.24, 2.45) is 0 Å². The van der Waals surface area contributed by atoms with Gasteiger partial charge in [0.15, 0.2) is 0 Å². The Balaban J connectivity index is 2.52. The van der Waals surface area contributed by atoms with Crippen molar-refractivity contribution in [3.63, 3.8) is 0 Å². The third-order valence-corrected chi connectivity index (χ3v) is 2.41. The number of pyridine rings is 1. The smallest absolute Gasteiger partial charge is 0.0931 e. The van der Waals surface area contributed by atoms with Gasteiger partial charge in [-0.2, -0.15) is 0 Å². The first kappa shape index (κ1) is 12.9. The van der Waals surface area contributed by atoms with Crippen molar-refractivity contribution >= 4 is 5.69 Å². The molecule has 1 N–H and O–H groups in total. The van der Waals surface area contributed by atoms with Crippen molar-refractivity contribution in [3.8, 4) is 0 Å². The monoisotopic (exact) mass is 224 g/mol. The predicted octanol–water partition coefficient (Wildman–Crippen LogP) is 1.61. The average Bonchev–Trinajstić information content (AvgIpc) is 2.29. The van der Waals surface area contributed by atoms with E-state index in [1.807, 2.05) is 26.1 Å².